The number of para-hydroxylation sites is 1. The van der Waals surface area contributed by atoms with E-state index in [4.69, 9.17) is 4.74 Å². The molecule has 1 aromatic heterocycles. The van der Waals surface area contributed by atoms with E-state index in [1.165, 1.54) is 0 Å². The van der Waals surface area contributed by atoms with Gasteiger partial charge in [0.15, 0.2) is 0 Å². The molecule has 0 bridgehead atoms. The molecule has 2 heterocycles. The normalized spacial score (nSPS) is 12.4. The lowest BCUT2D eigenvalue weighted by Gasteiger charge is -2.17. The van der Waals surface area contributed by atoms with Gasteiger partial charge < -0.3 is 15.0 Å². The molecule has 146 valence electrons. The van der Waals surface area contributed by atoms with Gasteiger partial charge in [-0.15, -0.1) is 0 Å². The second-order valence-corrected chi connectivity index (χ2v) is 6.90. The van der Waals surface area contributed by atoms with Gasteiger partial charge in [0.05, 0.1) is 12.8 Å². The number of carbonyl (C=O) groups excluding carboxylic acids is 2. The lowest BCUT2D eigenvalue weighted by Crippen LogP contribution is -2.30. The molecular formula is C23H21N3O3. The Labute approximate surface area is 169 Å². The summed E-state index contributed by atoms with van der Waals surface area (Å²) in [7, 11) is 1.55. The van der Waals surface area contributed by atoms with Crippen LogP contribution in [0.15, 0.2) is 60.7 Å². The van der Waals surface area contributed by atoms with Crippen molar-refractivity contribution in [2.45, 2.75) is 13.3 Å². The van der Waals surface area contributed by atoms with E-state index in [2.05, 4.69) is 10.3 Å². The van der Waals surface area contributed by atoms with Crippen LogP contribution in [-0.2, 0) is 6.42 Å². The molecule has 2 aromatic carbocycles. The Bertz CT molecular complexity index is 1090. The first-order valence-electron chi connectivity index (χ1n) is 9.39. The number of anilines is 2. The minimum atomic E-state index is -0.398. The number of methoxy groups -OCH3 is 1. The molecule has 0 atom stereocenters. The van der Waals surface area contributed by atoms with E-state index in [1.54, 1.807) is 36.3 Å². The molecule has 0 unspecified atom stereocenters. The molecule has 6 nitrogen and oxygen atoms in total. The third kappa shape index (κ3) is 3.69. The monoisotopic (exact) mass is 387 g/mol. The van der Waals surface area contributed by atoms with Crippen molar-refractivity contribution in [2.24, 2.45) is 0 Å². The number of rotatable bonds is 4. The SMILES string of the molecule is COc1ccc(C)cc1NC(=O)c1cccc(C(=O)N2CCc3ccccc32)n1. The molecule has 6 heteroatoms. The second-order valence-electron chi connectivity index (χ2n) is 6.90. The zero-order chi connectivity index (χ0) is 20.4. The molecule has 0 fully saturated rings. The van der Waals surface area contributed by atoms with Crippen molar-refractivity contribution < 1.29 is 14.3 Å². The van der Waals surface area contributed by atoms with Gasteiger partial charge in [0.25, 0.3) is 11.8 Å². The molecule has 0 saturated carbocycles. The van der Waals surface area contributed by atoms with Crippen LogP contribution in [0.5, 0.6) is 5.75 Å². The van der Waals surface area contributed by atoms with Gasteiger partial charge in [0, 0.05) is 12.2 Å². The smallest absolute Gasteiger partial charge is 0.276 e. The lowest BCUT2D eigenvalue weighted by molar-refractivity contribution is 0.0984. The summed E-state index contributed by atoms with van der Waals surface area (Å²) >= 11 is 0. The highest BCUT2D eigenvalue weighted by atomic mass is 16.5. The Hall–Kier alpha value is -3.67. The average Bonchev–Trinajstić information content (AvgIpc) is 3.17. The summed E-state index contributed by atoms with van der Waals surface area (Å²) in [5.74, 6) is -0.0482. The lowest BCUT2D eigenvalue weighted by atomic mass is 10.2. The first kappa shape index (κ1) is 18.7. The number of benzene rings is 2. The Kier molecular flexibility index (Phi) is 4.99. The molecule has 29 heavy (non-hydrogen) atoms. The fourth-order valence-corrected chi connectivity index (χ4v) is 3.47. The van der Waals surface area contributed by atoms with Gasteiger partial charge in [-0.3, -0.25) is 9.59 Å². The third-order valence-corrected chi connectivity index (χ3v) is 4.94. The van der Waals surface area contributed by atoms with Gasteiger partial charge in [-0.25, -0.2) is 4.98 Å². The number of amides is 2. The van der Waals surface area contributed by atoms with Crippen molar-refractivity contribution in [3.63, 3.8) is 0 Å². The number of nitrogens with zero attached hydrogens (tertiary/aromatic N) is 2. The third-order valence-electron chi connectivity index (χ3n) is 4.94. The molecule has 3 aromatic rings. The van der Waals surface area contributed by atoms with E-state index in [1.807, 2.05) is 43.3 Å². The van der Waals surface area contributed by atoms with Crippen LogP contribution in [-0.4, -0.2) is 30.5 Å². The van der Waals surface area contributed by atoms with Crippen molar-refractivity contribution in [1.82, 2.24) is 4.98 Å². The minimum Gasteiger partial charge on any atom is -0.495 e. The van der Waals surface area contributed by atoms with Crippen LogP contribution >= 0.6 is 0 Å². The summed E-state index contributed by atoms with van der Waals surface area (Å²) in [5.41, 5.74) is 4.01. The van der Waals surface area contributed by atoms with Gasteiger partial charge in [0.1, 0.15) is 17.1 Å². The molecule has 4 rings (SSSR count). The maximum Gasteiger partial charge on any atom is 0.276 e. The van der Waals surface area contributed by atoms with E-state index >= 15 is 0 Å². The number of ether oxygens (including phenoxy) is 1. The number of aryl methyl sites for hydroxylation is 1. The van der Waals surface area contributed by atoms with Crippen molar-refractivity contribution in [3.05, 3.63) is 83.2 Å². The van der Waals surface area contributed by atoms with Crippen LogP contribution in [0.2, 0.25) is 0 Å². The molecule has 0 saturated heterocycles. The minimum absolute atomic E-state index is 0.173. The van der Waals surface area contributed by atoms with E-state index in [0.29, 0.717) is 18.0 Å². The Morgan fingerprint density at radius 1 is 1.03 bits per heavy atom. The number of carbonyl (C=O) groups is 2. The van der Waals surface area contributed by atoms with Crippen molar-refractivity contribution in [3.8, 4) is 5.75 Å². The summed E-state index contributed by atoms with van der Waals surface area (Å²) in [6.45, 7) is 2.54. The summed E-state index contributed by atoms with van der Waals surface area (Å²) in [4.78, 5) is 31.8. The fraction of sp³-hybridized carbons (Fsp3) is 0.174. The number of pyridine rings is 1. The van der Waals surface area contributed by atoms with Gasteiger partial charge >= 0.3 is 0 Å². The van der Waals surface area contributed by atoms with Crippen molar-refractivity contribution >= 4 is 23.2 Å². The van der Waals surface area contributed by atoms with Gasteiger partial charge in [-0.2, -0.15) is 0 Å². The number of hydrogen-bond acceptors (Lipinski definition) is 4. The quantitative estimate of drug-likeness (QED) is 0.738. The first-order valence-corrected chi connectivity index (χ1v) is 9.39. The topological polar surface area (TPSA) is 71.5 Å². The van der Waals surface area contributed by atoms with Crippen LogP contribution in [0.4, 0.5) is 11.4 Å². The van der Waals surface area contributed by atoms with E-state index in [0.717, 1.165) is 23.2 Å². The molecule has 1 aliphatic heterocycles. The zero-order valence-corrected chi connectivity index (χ0v) is 16.3. The van der Waals surface area contributed by atoms with Crippen LogP contribution in [0.25, 0.3) is 0 Å². The Morgan fingerprint density at radius 3 is 2.66 bits per heavy atom. The number of nitrogens with one attached hydrogen (secondary N) is 1. The van der Waals surface area contributed by atoms with Crippen LogP contribution in [0, 0.1) is 6.92 Å². The number of hydrogen-bond donors (Lipinski definition) is 1. The maximum absolute atomic E-state index is 13.0. The summed E-state index contributed by atoms with van der Waals surface area (Å²) in [6.07, 6.45) is 0.815. The number of aromatic nitrogens is 1. The van der Waals surface area contributed by atoms with E-state index in [-0.39, 0.29) is 17.3 Å². The summed E-state index contributed by atoms with van der Waals surface area (Å²) in [6, 6.07) is 18.3. The van der Waals surface area contributed by atoms with Gasteiger partial charge in [-0.05, 0) is 54.8 Å². The van der Waals surface area contributed by atoms with E-state index in [9.17, 15) is 9.59 Å². The Morgan fingerprint density at radius 2 is 1.83 bits per heavy atom. The highest BCUT2D eigenvalue weighted by molar-refractivity contribution is 6.08. The fourth-order valence-electron chi connectivity index (χ4n) is 3.47. The van der Waals surface area contributed by atoms with E-state index < -0.39 is 5.91 Å². The Balaban J connectivity index is 1.57. The largest absolute Gasteiger partial charge is 0.495 e. The van der Waals surface area contributed by atoms with Crippen LogP contribution in [0.3, 0.4) is 0 Å². The highest BCUT2D eigenvalue weighted by Crippen LogP contribution is 2.29. The average molecular weight is 387 g/mol. The number of fused-ring (bicyclic) bond motifs is 1. The summed E-state index contributed by atoms with van der Waals surface area (Å²) in [5, 5.41) is 2.82. The molecular weight excluding hydrogens is 366 g/mol. The van der Waals surface area contributed by atoms with Crippen LogP contribution < -0.4 is 15.0 Å². The van der Waals surface area contributed by atoms with Crippen molar-refractivity contribution in [1.29, 1.82) is 0 Å². The predicted octanol–water partition coefficient (Wildman–Crippen LogP) is 3.85. The second kappa shape index (κ2) is 7.75. The zero-order valence-electron chi connectivity index (χ0n) is 16.3. The molecule has 1 N–H and O–H groups in total. The molecule has 0 aliphatic carbocycles. The molecule has 0 spiro atoms. The molecule has 1 aliphatic rings. The summed E-state index contributed by atoms with van der Waals surface area (Å²) < 4.78 is 5.30. The van der Waals surface area contributed by atoms with Crippen molar-refractivity contribution in [2.75, 3.05) is 23.9 Å². The predicted molar refractivity (Wildman–Crippen MR) is 112 cm³/mol. The van der Waals surface area contributed by atoms with Crippen LogP contribution in [0.1, 0.15) is 32.1 Å². The molecule has 2 amide bonds. The highest BCUT2D eigenvalue weighted by Gasteiger charge is 2.26. The van der Waals surface area contributed by atoms with Gasteiger partial charge in [0.2, 0.25) is 0 Å². The molecule has 0 radical (unpaired) electrons. The maximum atomic E-state index is 13.0. The first-order chi connectivity index (χ1) is 14.1. The van der Waals surface area contributed by atoms with Gasteiger partial charge in [-0.1, -0.05) is 30.3 Å². The standard InChI is InChI=1S/C23H21N3O3/c1-15-10-11-21(29-2)19(14-15)25-22(27)17-7-5-8-18(24-17)23(28)26-13-12-16-6-3-4-9-20(16)26/h3-11,14H,12-13H2,1-2H3,(H,25,27).